The number of carboxylic acids is 1. The molecule has 1 N–H and O–H groups in total. The van der Waals surface area contributed by atoms with Crippen molar-refractivity contribution in [3.8, 4) is 0 Å². The van der Waals surface area contributed by atoms with Crippen molar-refractivity contribution in [2.45, 2.75) is 51.5 Å². The number of allylic oxidation sites excluding steroid dienone is 1. The first-order valence-corrected chi connectivity index (χ1v) is 6.33. The summed E-state index contributed by atoms with van der Waals surface area (Å²) >= 11 is 0. The summed E-state index contributed by atoms with van der Waals surface area (Å²) in [4.78, 5) is 24.8. The minimum absolute atomic E-state index is 0.0631. The van der Waals surface area contributed by atoms with Gasteiger partial charge in [-0.25, -0.2) is 4.79 Å². The maximum Gasteiger partial charge on any atom is 0.326 e. The fraction of sp³-hybridized carbons (Fsp3) is 0.692. The Hall–Kier alpha value is -1.32. The molecule has 1 saturated carbocycles. The summed E-state index contributed by atoms with van der Waals surface area (Å²) in [7, 11) is 0. The Bertz CT molecular complexity index is 365. The van der Waals surface area contributed by atoms with Gasteiger partial charge in [0.25, 0.3) is 0 Å². The van der Waals surface area contributed by atoms with E-state index in [0.717, 1.165) is 37.7 Å². The summed E-state index contributed by atoms with van der Waals surface area (Å²) in [6.07, 6.45) is 5.70. The lowest BCUT2D eigenvalue weighted by molar-refractivity contribution is -0.146. The lowest BCUT2D eigenvalue weighted by Crippen LogP contribution is -2.41. The van der Waals surface area contributed by atoms with E-state index in [0.29, 0.717) is 13.0 Å². The Morgan fingerprint density at radius 1 is 1.24 bits per heavy atom. The number of aliphatic carboxylic acids is 1. The molecule has 94 valence electrons. The maximum atomic E-state index is 12.3. The van der Waals surface area contributed by atoms with E-state index in [4.69, 9.17) is 5.11 Å². The van der Waals surface area contributed by atoms with E-state index < -0.39 is 12.0 Å². The summed E-state index contributed by atoms with van der Waals surface area (Å²) < 4.78 is 0. The van der Waals surface area contributed by atoms with Gasteiger partial charge in [0.2, 0.25) is 5.91 Å². The van der Waals surface area contributed by atoms with Crippen LogP contribution in [-0.2, 0) is 9.59 Å². The molecule has 0 spiro atoms. The van der Waals surface area contributed by atoms with Gasteiger partial charge in [0.05, 0.1) is 0 Å². The molecule has 1 heterocycles. The molecule has 17 heavy (non-hydrogen) atoms. The van der Waals surface area contributed by atoms with E-state index in [1.807, 2.05) is 6.92 Å². The van der Waals surface area contributed by atoms with Crippen LogP contribution in [0.2, 0.25) is 0 Å². The molecule has 1 aliphatic heterocycles. The van der Waals surface area contributed by atoms with Crippen molar-refractivity contribution in [2.24, 2.45) is 0 Å². The van der Waals surface area contributed by atoms with E-state index >= 15 is 0 Å². The molecule has 2 rings (SSSR count). The summed E-state index contributed by atoms with van der Waals surface area (Å²) in [6.45, 7) is 2.43. The van der Waals surface area contributed by atoms with Gasteiger partial charge >= 0.3 is 5.97 Å². The molecule has 1 saturated heterocycles. The Labute approximate surface area is 101 Å². The summed E-state index contributed by atoms with van der Waals surface area (Å²) in [5.74, 6) is -0.938. The minimum Gasteiger partial charge on any atom is -0.480 e. The second-order valence-electron chi connectivity index (χ2n) is 4.93. The monoisotopic (exact) mass is 237 g/mol. The fourth-order valence-corrected chi connectivity index (χ4v) is 2.81. The number of rotatable bonds is 2. The number of amides is 1. The van der Waals surface area contributed by atoms with Gasteiger partial charge in [-0.15, -0.1) is 0 Å². The normalized spacial score (nSPS) is 24.2. The molecular weight excluding hydrogens is 218 g/mol. The molecule has 0 aromatic rings. The predicted molar refractivity (Wildman–Crippen MR) is 63.5 cm³/mol. The van der Waals surface area contributed by atoms with Crippen LogP contribution in [0.5, 0.6) is 0 Å². The summed E-state index contributed by atoms with van der Waals surface area (Å²) in [5, 5.41) is 9.07. The third-order valence-electron chi connectivity index (χ3n) is 3.86. The van der Waals surface area contributed by atoms with Crippen LogP contribution in [0.3, 0.4) is 0 Å². The highest BCUT2D eigenvalue weighted by molar-refractivity contribution is 5.96. The lowest BCUT2D eigenvalue weighted by Gasteiger charge is -2.22. The molecule has 0 aromatic carbocycles. The largest absolute Gasteiger partial charge is 0.480 e. The number of nitrogens with zero attached hydrogens (tertiary/aromatic N) is 1. The fourth-order valence-electron chi connectivity index (χ4n) is 2.81. The standard InChI is InChI=1S/C13H19NO3/c1-9(10-5-2-3-6-10)12(15)14-8-4-7-11(14)13(16)17/h11H,2-8H2,1H3,(H,16,17)/t11-/m1/s1. The van der Waals surface area contributed by atoms with Crippen molar-refractivity contribution >= 4 is 11.9 Å². The van der Waals surface area contributed by atoms with Gasteiger partial charge in [-0.3, -0.25) is 4.79 Å². The third-order valence-corrected chi connectivity index (χ3v) is 3.86. The van der Waals surface area contributed by atoms with Crippen LogP contribution in [0.15, 0.2) is 11.1 Å². The highest BCUT2D eigenvalue weighted by Crippen LogP contribution is 2.29. The summed E-state index contributed by atoms with van der Waals surface area (Å²) in [6, 6.07) is -0.612. The topological polar surface area (TPSA) is 57.6 Å². The molecule has 0 radical (unpaired) electrons. The van der Waals surface area contributed by atoms with E-state index in [1.54, 1.807) is 0 Å². The molecule has 4 heteroatoms. The first-order valence-electron chi connectivity index (χ1n) is 6.33. The number of hydrogen-bond donors (Lipinski definition) is 1. The average Bonchev–Trinajstić information content (AvgIpc) is 2.97. The van der Waals surface area contributed by atoms with E-state index in [2.05, 4.69) is 0 Å². The molecule has 1 aliphatic carbocycles. The Morgan fingerprint density at radius 2 is 1.88 bits per heavy atom. The van der Waals surface area contributed by atoms with Gasteiger partial charge in [-0.1, -0.05) is 5.57 Å². The predicted octanol–water partition coefficient (Wildman–Crippen LogP) is 1.95. The molecule has 4 nitrogen and oxygen atoms in total. The number of carbonyl (C=O) groups excluding carboxylic acids is 1. The molecule has 2 fully saturated rings. The molecule has 1 atom stereocenters. The van der Waals surface area contributed by atoms with Crippen LogP contribution in [0.4, 0.5) is 0 Å². The molecule has 1 amide bonds. The van der Waals surface area contributed by atoms with Gasteiger partial charge in [-0.05, 0) is 45.4 Å². The SMILES string of the molecule is CC(C(=O)N1CCC[C@@H]1C(=O)O)=C1CCCC1. The zero-order valence-electron chi connectivity index (χ0n) is 10.2. The molecular formula is C13H19NO3. The van der Waals surface area contributed by atoms with Crippen molar-refractivity contribution < 1.29 is 14.7 Å². The van der Waals surface area contributed by atoms with Crippen LogP contribution in [0.25, 0.3) is 0 Å². The Kier molecular flexibility index (Phi) is 3.50. The van der Waals surface area contributed by atoms with Crippen LogP contribution >= 0.6 is 0 Å². The van der Waals surface area contributed by atoms with Gasteiger partial charge in [0.1, 0.15) is 6.04 Å². The van der Waals surface area contributed by atoms with Gasteiger partial charge in [0.15, 0.2) is 0 Å². The Balaban J connectivity index is 2.14. The van der Waals surface area contributed by atoms with Crippen LogP contribution in [0, 0.1) is 0 Å². The number of carbonyl (C=O) groups is 2. The average molecular weight is 237 g/mol. The minimum atomic E-state index is -0.875. The van der Waals surface area contributed by atoms with E-state index in [-0.39, 0.29) is 5.91 Å². The van der Waals surface area contributed by atoms with Crippen LogP contribution in [0.1, 0.15) is 45.4 Å². The van der Waals surface area contributed by atoms with E-state index in [1.165, 1.54) is 10.5 Å². The first kappa shape index (κ1) is 12.1. The van der Waals surface area contributed by atoms with Crippen molar-refractivity contribution in [3.05, 3.63) is 11.1 Å². The molecule has 0 aromatic heterocycles. The molecule has 2 aliphatic rings. The zero-order chi connectivity index (χ0) is 12.4. The quantitative estimate of drug-likeness (QED) is 0.747. The van der Waals surface area contributed by atoms with Crippen molar-refractivity contribution in [1.82, 2.24) is 4.90 Å². The smallest absolute Gasteiger partial charge is 0.326 e. The summed E-state index contributed by atoms with van der Waals surface area (Å²) in [5.41, 5.74) is 2.02. The highest BCUT2D eigenvalue weighted by Gasteiger charge is 2.34. The van der Waals surface area contributed by atoms with Crippen LogP contribution in [-0.4, -0.2) is 34.5 Å². The number of carboxylic acid groups (broad SMARTS) is 1. The van der Waals surface area contributed by atoms with Gasteiger partial charge in [-0.2, -0.15) is 0 Å². The lowest BCUT2D eigenvalue weighted by atomic mass is 10.1. The molecule has 0 unspecified atom stereocenters. The third kappa shape index (κ3) is 2.35. The Morgan fingerprint density at radius 3 is 2.47 bits per heavy atom. The number of likely N-dealkylation sites (tertiary alicyclic amines) is 1. The molecule has 0 bridgehead atoms. The number of hydrogen-bond acceptors (Lipinski definition) is 2. The zero-order valence-corrected chi connectivity index (χ0v) is 10.2. The van der Waals surface area contributed by atoms with Crippen molar-refractivity contribution in [1.29, 1.82) is 0 Å². The highest BCUT2D eigenvalue weighted by atomic mass is 16.4. The van der Waals surface area contributed by atoms with Crippen LogP contribution < -0.4 is 0 Å². The second-order valence-corrected chi connectivity index (χ2v) is 4.93. The van der Waals surface area contributed by atoms with Gasteiger partial charge in [0, 0.05) is 12.1 Å². The first-order chi connectivity index (χ1) is 8.11. The van der Waals surface area contributed by atoms with Crippen molar-refractivity contribution in [2.75, 3.05) is 6.54 Å². The van der Waals surface area contributed by atoms with E-state index in [9.17, 15) is 9.59 Å². The second kappa shape index (κ2) is 4.90. The van der Waals surface area contributed by atoms with Crippen molar-refractivity contribution in [3.63, 3.8) is 0 Å². The van der Waals surface area contributed by atoms with Gasteiger partial charge < -0.3 is 10.0 Å². The maximum absolute atomic E-state index is 12.3.